The first-order valence-corrected chi connectivity index (χ1v) is 11.6. The normalized spacial score (nSPS) is 14.6. The number of carboxylic acid groups (broad SMARTS) is 1. The Balaban J connectivity index is 1.61. The van der Waals surface area contributed by atoms with E-state index < -0.39 is 22.6 Å². The molecule has 1 aliphatic carbocycles. The number of guanidine groups is 1. The number of hydroxylamine groups is 1. The zero-order chi connectivity index (χ0) is 24.8. The van der Waals surface area contributed by atoms with Gasteiger partial charge in [0.15, 0.2) is 0 Å². The Morgan fingerprint density at radius 2 is 1.94 bits per heavy atom. The predicted octanol–water partition coefficient (Wildman–Crippen LogP) is 1.71. The zero-order valence-corrected chi connectivity index (χ0v) is 19.2. The van der Waals surface area contributed by atoms with Gasteiger partial charge in [-0.2, -0.15) is 13.7 Å². The second-order valence-corrected chi connectivity index (χ2v) is 9.42. The van der Waals surface area contributed by atoms with Crippen molar-refractivity contribution in [3.63, 3.8) is 0 Å². The van der Waals surface area contributed by atoms with Crippen LogP contribution in [0.2, 0.25) is 0 Å². The molecule has 2 aromatic rings. The molecule has 11 nitrogen and oxygen atoms in total. The Bertz CT molecular complexity index is 1230. The van der Waals surface area contributed by atoms with E-state index in [4.69, 9.17) is 24.6 Å². The molecular formula is C22H24N4O7S. The first-order valence-electron chi connectivity index (χ1n) is 10.2. The van der Waals surface area contributed by atoms with Crippen LogP contribution >= 0.6 is 0 Å². The lowest BCUT2D eigenvalue weighted by atomic mass is 10.1. The summed E-state index contributed by atoms with van der Waals surface area (Å²) in [5.41, 5.74) is 8.37. The van der Waals surface area contributed by atoms with Crippen molar-refractivity contribution in [2.24, 2.45) is 16.1 Å². The standard InChI is InChI=1S/C22H24N4O7S/c1-15-8-17(31-13-22(6-7-22)14-32-26-21(24)25-12-20(27)28)10-18(9-15)33-34(29,30)19-5-3-2-4-16(19)11-23/h2-5,8-10H,6-7,12-14H2,1H3,(H,27,28)(H3,24,25,26). The highest BCUT2D eigenvalue weighted by atomic mass is 32.2. The van der Waals surface area contributed by atoms with Crippen molar-refractivity contribution in [2.45, 2.75) is 24.7 Å². The topological polar surface area (TPSA) is 173 Å². The average Bonchev–Trinajstić information content (AvgIpc) is 3.55. The van der Waals surface area contributed by atoms with Gasteiger partial charge in [0.25, 0.3) is 0 Å². The number of carboxylic acids is 1. The molecule has 0 heterocycles. The SMILES string of the molecule is Cc1cc(OCC2(CONC(N)=NCC(=O)O)CC2)cc(OS(=O)(=O)c2ccccc2C#N)c1. The maximum Gasteiger partial charge on any atom is 0.340 e. The fourth-order valence-corrected chi connectivity index (χ4v) is 4.05. The maximum atomic E-state index is 12.7. The number of aliphatic imine (C=N–C) groups is 1. The maximum absolute atomic E-state index is 12.7. The largest absolute Gasteiger partial charge is 0.493 e. The molecule has 3 rings (SSSR count). The van der Waals surface area contributed by atoms with Crippen molar-refractivity contribution < 1.29 is 32.1 Å². The highest BCUT2D eigenvalue weighted by Gasteiger charge is 2.44. The molecule has 1 fully saturated rings. The molecule has 1 saturated carbocycles. The van der Waals surface area contributed by atoms with Gasteiger partial charge >= 0.3 is 16.1 Å². The summed E-state index contributed by atoms with van der Waals surface area (Å²) in [6.07, 6.45) is 1.69. The quantitative estimate of drug-likeness (QED) is 0.183. The van der Waals surface area contributed by atoms with E-state index in [1.807, 2.05) is 6.07 Å². The number of nitriles is 1. The van der Waals surface area contributed by atoms with Crippen molar-refractivity contribution in [3.8, 4) is 17.6 Å². The van der Waals surface area contributed by atoms with Crippen LogP contribution in [0.4, 0.5) is 0 Å². The average molecular weight is 489 g/mol. The van der Waals surface area contributed by atoms with Crippen molar-refractivity contribution in [2.75, 3.05) is 19.8 Å². The van der Waals surface area contributed by atoms with Gasteiger partial charge in [-0.05, 0) is 49.6 Å². The van der Waals surface area contributed by atoms with Gasteiger partial charge in [0, 0.05) is 11.5 Å². The number of ether oxygens (including phenoxy) is 1. The second-order valence-electron chi connectivity index (χ2n) is 7.90. The lowest BCUT2D eigenvalue weighted by Gasteiger charge is -2.17. The number of hydrogen-bond donors (Lipinski definition) is 3. The number of rotatable bonds is 11. The molecule has 0 aliphatic heterocycles. The van der Waals surface area contributed by atoms with Crippen LogP contribution in [0.15, 0.2) is 52.4 Å². The summed E-state index contributed by atoms with van der Waals surface area (Å²) in [5, 5.41) is 17.8. The minimum atomic E-state index is -4.22. The van der Waals surface area contributed by atoms with E-state index in [1.54, 1.807) is 25.1 Å². The minimum Gasteiger partial charge on any atom is -0.493 e. The highest BCUT2D eigenvalue weighted by Crippen LogP contribution is 2.46. The first-order chi connectivity index (χ1) is 16.1. The molecule has 4 N–H and O–H groups in total. The number of aryl methyl sites for hydroxylation is 1. The van der Waals surface area contributed by atoms with Gasteiger partial charge in [-0.25, -0.2) is 10.5 Å². The third kappa shape index (κ3) is 6.84. The number of aliphatic carboxylic acids is 1. The van der Waals surface area contributed by atoms with Crippen LogP contribution in [0.1, 0.15) is 24.0 Å². The molecule has 0 amide bonds. The van der Waals surface area contributed by atoms with Crippen LogP contribution in [0.3, 0.4) is 0 Å². The molecule has 0 radical (unpaired) electrons. The fraction of sp³-hybridized carbons (Fsp3) is 0.318. The number of benzene rings is 2. The summed E-state index contributed by atoms with van der Waals surface area (Å²) >= 11 is 0. The van der Waals surface area contributed by atoms with Crippen LogP contribution < -0.4 is 20.1 Å². The summed E-state index contributed by atoms with van der Waals surface area (Å²) in [4.78, 5) is 19.2. The van der Waals surface area contributed by atoms with E-state index in [9.17, 15) is 18.5 Å². The van der Waals surface area contributed by atoms with Gasteiger partial charge in [-0.3, -0.25) is 9.63 Å². The third-order valence-corrected chi connectivity index (χ3v) is 6.26. The first kappa shape index (κ1) is 24.8. The molecule has 0 aromatic heterocycles. The van der Waals surface area contributed by atoms with Crippen LogP contribution in [0.25, 0.3) is 0 Å². The second kappa shape index (κ2) is 10.4. The van der Waals surface area contributed by atoms with E-state index in [0.29, 0.717) is 12.4 Å². The summed E-state index contributed by atoms with van der Waals surface area (Å²) in [7, 11) is -4.22. The monoisotopic (exact) mass is 488 g/mol. The highest BCUT2D eigenvalue weighted by molar-refractivity contribution is 7.87. The number of nitrogens with one attached hydrogen (secondary N) is 1. The molecule has 0 spiro atoms. The van der Waals surface area contributed by atoms with Crippen molar-refractivity contribution in [1.29, 1.82) is 5.26 Å². The lowest BCUT2D eigenvalue weighted by molar-refractivity contribution is -0.135. The molecule has 0 unspecified atom stereocenters. The van der Waals surface area contributed by atoms with Crippen LogP contribution in [-0.2, 0) is 19.8 Å². The lowest BCUT2D eigenvalue weighted by Crippen LogP contribution is -2.35. The van der Waals surface area contributed by atoms with Crippen molar-refractivity contribution >= 4 is 22.0 Å². The molecule has 180 valence electrons. The summed E-state index contributed by atoms with van der Waals surface area (Å²) in [6, 6.07) is 12.4. The van der Waals surface area contributed by atoms with Crippen LogP contribution in [0.5, 0.6) is 11.5 Å². The molecule has 0 atom stereocenters. The van der Waals surface area contributed by atoms with E-state index in [0.717, 1.165) is 18.4 Å². The predicted molar refractivity (Wildman–Crippen MR) is 121 cm³/mol. The third-order valence-electron chi connectivity index (χ3n) is 4.95. The number of carbonyl (C=O) groups is 1. The summed E-state index contributed by atoms with van der Waals surface area (Å²) < 4.78 is 36.5. The van der Waals surface area contributed by atoms with Crippen molar-refractivity contribution in [3.05, 3.63) is 53.6 Å². The molecule has 1 aliphatic rings. The van der Waals surface area contributed by atoms with Crippen LogP contribution in [0, 0.1) is 23.7 Å². The molecule has 0 saturated heterocycles. The number of hydrogen-bond acceptors (Lipinski definition) is 8. The zero-order valence-electron chi connectivity index (χ0n) is 18.4. The van der Waals surface area contributed by atoms with Gasteiger partial charge < -0.3 is 19.8 Å². The van der Waals surface area contributed by atoms with E-state index in [1.165, 1.54) is 24.3 Å². The van der Waals surface area contributed by atoms with Gasteiger partial charge in [0.05, 0.1) is 18.8 Å². The summed E-state index contributed by atoms with van der Waals surface area (Å²) in [5.74, 6) is -0.771. The molecule has 0 bridgehead atoms. The van der Waals surface area contributed by atoms with Gasteiger partial charge in [-0.15, -0.1) is 0 Å². The van der Waals surface area contributed by atoms with E-state index in [2.05, 4.69) is 10.5 Å². The Hall–Kier alpha value is -3.82. The van der Waals surface area contributed by atoms with E-state index >= 15 is 0 Å². The van der Waals surface area contributed by atoms with Gasteiger partial charge in [0.1, 0.15) is 29.0 Å². The fourth-order valence-electron chi connectivity index (χ4n) is 2.99. The molecule has 2 aromatic carbocycles. The number of nitrogens with zero attached hydrogens (tertiary/aromatic N) is 2. The Kier molecular flexibility index (Phi) is 7.60. The minimum absolute atomic E-state index is 0.00967. The Labute approximate surface area is 196 Å². The van der Waals surface area contributed by atoms with E-state index in [-0.39, 0.29) is 34.2 Å². The molecule has 12 heteroatoms. The number of nitrogens with two attached hydrogens (primary N) is 1. The van der Waals surface area contributed by atoms with Gasteiger partial charge in [-0.1, -0.05) is 12.1 Å². The Morgan fingerprint density at radius 1 is 1.24 bits per heavy atom. The summed E-state index contributed by atoms with van der Waals surface area (Å²) in [6.45, 7) is 1.86. The van der Waals surface area contributed by atoms with Gasteiger partial charge in [0.2, 0.25) is 5.96 Å². The van der Waals surface area contributed by atoms with Crippen LogP contribution in [-0.4, -0.2) is 45.2 Å². The Morgan fingerprint density at radius 3 is 2.62 bits per heavy atom. The molecule has 34 heavy (non-hydrogen) atoms. The smallest absolute Gasteiger partial charge is 0.340 e. The van der Waals surface area contributed by atoms with Crippen molar-refractivity contribution in [1.82, 2.24) is 5.48 Å². The molecular weight excluding hydrogens is 464 g/mol.